The lowest BCUT2D eigenvalue weighted by molar-refractivity contribution is -0.0458. The molecule has 3 aliphatic rings. The maximum Gasteiger partial charge on any atom is 0.359 e. The van der Waals surface area contributed by atoms with Gasteiger partial charge in [-0.25, -0.2) is 9.78 Å². The number of rotatable bonds is 4. The summed E-state index contributed by atoms with van der Waals surface area (Å²) in [6.45, 7) is 6.93. The summed E-state index contributed by atoms with van der Waals surface area (Å²) in [6, 6.07) is 11.9. The van der Waals surface area contributed by atoms with Crippen molar-refractivity contribution in [2.45, 2.75) is 37.7 Å². The van der Waals surface area contributed by atoms with Gasteiger partial charge in [0.1, 0.15) is 11.1 Å². The number of ether oxygens (including phenoxy) is 1. The molecule has 2 bridgehead atoms. The number of nitrogens with zero attached hydrogens (tertiary/aromatic N) is 3. The third-order valence-electron chi connectivity index (χ3n) is 6.80. The van der Waals surface area contributed by atoms with Crippen LogP contribution in [0, 0.1) is 19.8 Å². The molecule has 0 unspecified atom stereocenters. The van der Waals surface area contributed by atoms with E-state index in [1.54, 1.807) is 23.5 Å². The van der Waals surface area contributed by atoms with E-state index in [1.807, 2.05) is 37.4 Å². The number of aromatic amines is 1. The van der Waals surface area contributed by atoms with Gasteiger partial charge in [0.05, 0.1) is 10.4 Å². The summed E-state index contributed by atoms with van der Waals surface area (Å²) >= 11 is 1.61. The average Bonchev–Trinajstić information content (AvgIpc) is 3.51. The topological polar surface area (TPSA) is 125 Å². The number of piperidine rings is 3. The second-order valence-corrected chi connectivity index (χ2v) is 11.8. The van der Waals surface area contributed by atoms with Crippen molar-refractivity contribution in [3.05, 3.63) is 64.8 Å². The molecular weight excluding hydrogens is 512 g/mol. The van der Waals surface area contributed by atoms with Crippen LogP contribution in [0.2, 0.25) is 0 Å². The number of H-pyrrole nitrogens is 1. The van der Waals surface area contributed by atoms with Gasteiger partial charge in [0.2, 0.25) is 0 Å². The van der Waals surface area contributed by atoms with Crippen LogP contribution in [-0.2, 0) is 14.9 Å². The molecule has 0 aliphatic carbocycles. The van der Waals surface area contributed by atoms with Crippen molar-refractivity contribution in [3.8, 4) is 10.6 Å². The number of nitrogens with one attached hydrogen (secondary N) is 1. The standard InChI is InChI=1S/C19H20N4O2S.C7H8O3S/c1-11-10-26-18(20-11)13-2-3-14-15(8-13)21-22-17(14)19(24)25-16-9-23-6-4-12(16)5-7-23;1-6-2-4-7(5-3-6)11(8,9)10/h2-3,8,10,12,16H,4-7,9H2,1H3,(H,21,22);2-5H,1H3,(H,8,9,10)/t16-;/m1./s1. The molecule has 194 valence electrons. The van der Waals surface area contributed by atoms with Crippen molar-refractivity contribution < 1.29 is 22.5 Å². The molecule has 0 spiro atoms. The van der Waals surface area contributed by atoms with E-state index in [0.717, 1.165) is 65.2 Å². The first-order valence-electron chi connectivity index (χ1n) is 12.1. The van der Waals surface area contributed by atoms with E-state index in [0.29, 0.717) is 11.6 Å². The molecule has 2 N–H and O–H groups in total. The van der Waals surface area contributed by atoms with Gasteiger partial charge in [0.15, 0.2) is 5.69 Å². The molecule has 1 atom stereocenters. The number of esters is 1. The van der Waals surface area contributed by atoms with E-state index in [2.05, 4.69) is 20.1 Å². The summed E-state index contributed by atoms with van der Waals surface area (Å²) < 4.78 is 35.4. The van der Waals surface area contributed by atoms with Crippen molar-refractivity contribution >= 4 is 38.3 Å². The highest BCUT2D eigenvalue weighted by Crippen LogP contribution is 2.31. The Kier molecular flexibility index (Phi) is 7.13. The van der Waals surface area contributed by atoms with Crippen LogP contribution >= 0.6 is 11.3 Å². The van der Waals surface area contributed by atoms with E-state index in [-0.39, 0.29) is 17.0 Å². The lowest BCUT2D eigenvalue weighted by Crippen LogP contribution is -2.51. The van der Waals surface area contributed by atoms with Gasteiger partial charge >= 0.3 is 5.97 Å². The fraction of sp³-hybridized carbons (Fsp3) is 0.346. The Morgan fingerprint density at radius 1 is 1.14 bits per heavy atom. The first-order chi connectivity index (χ1) is 17.7. The Morgan fingerprint density at radius 3 is 2.46 bits per heavy atom. The van der Waals surface area contributed by atoms with E-state index in [9.17, 15) is 13.2 Å². The maximum atomic E-state index is 12.7. The fourth-order valence-corrected chi connectivity index (χ4v) is 6.02. The van der Waals surface area contributed by atoms with Gasteiger partial charge in [0, 0.05) is 28.6 Å². The minimum Gasteiger partial charge on any atom is -0.456 e. The Labute approximate surface area is 219 Å². The normalized spacial score (nSPS) is 20.9. The van der Waals surface area contributed by atoms with E-state index < -0.39 is 10.1 Å². The third kappa shape index (κ3) is 5.74. The Bertz CT molecular complexity index is 1520. The van der Waals surface area contributed by atoms with Crippen LogP contribution in [0.15, 0.2) is 52.7 Å². The van der Waals surface area contributed by atoms with Crippen LogP contribution < -0.4 is 0 Å². The van der Waals surface area contributed by atoms with Crippen LogP contribution in [0.4, 0.5) is 0 Å². The molecule has 37 heavy (non-hydrogen) atoms. The van der Waals surface area contributed by atoms with Crippen molar-refractivity contribution in [3.63, 3.8) is 0 Å². The lowest BCUT2D eigenvalue weighted by atomic mass is 9.86. The number of hydrogen-bond acceptors (Lipinski definition) is 8. The zero-order valence-corrected chi connectivity index (χ0v) is 22.2. The predicted molar refractivity (Wildman–Crippen MR) is 141 cm³/mol. The molecule has 4 aromatic rings. The molecule has 9 nitrogen and oxygen atoms in total. The summed E-state index contributed by atoms with van der Waals surface area (Å²) in [4.78, 5) is 19.5. The molecule has 5 heterocycles. The van der Waals surface area contributed by atoms with E-state index >= 15 is 0 Å². The van der Waals surface area contributed by atoms with Gasteiger partial charge in [-0.2, -0.15) is 13.5 Å². The summed E-state index contributed by atoms with van der Waals surface area (Å²) in [6.07, 6.45) is 2.24. The zero-order chi connectivity index (χ0) is 26.2. The molecule has 0 radical (unpaired) electrons. The molecule has 7 rings (SSSR count). The van der Waals surface area contributed by atoms with Gasteiger partial charge in [-0.1, -0.05) is 23.8 Å². The van der Waals surface area contributed by atoms with Crippen molar-refractivity contribution in [2.75, 3.05) is 19.6 Å². The van der Waals surface area contributed by atoms with Crippen molar-refractivity contribution in [1.82, 2.24) is 20.1 Å². The predicted octanol–water partition coefficient (Wildman–Crippen LogP) is 4.49. The van der Waals surface area contributed by atoms with Crippen LogP contribution in [0.1, 0.15) is 34.6 Å². The second-order valence-electron chi connectivity index (χ2n) is 9.50. The summed E-state index contributed by atoms with van der Waals surface area (Å²) in [5, 5.41) is 11.0. The van der Waals surface area contributed by atoms with Gasteiger partial charge in [-0.3, -0.25) is 14.6 Å². The van der Waals surface area contributed by atoms with Gasteiger partial charge in [0.25, 0.3) is 10.1 Å². The van der Waals surface area contributed by atoms with Gasteiger partial charge < -0.3 is 4.74 Å². The first-order valence-corrected chi connectivity index (χ1v) is 14.4. The smallest absolute Gasteiger partial charge is 0.359 e. The monoisotopic (exact) mass is 540 g/mol. The van der Waals surface area contributed by atoms with E-state index in [1.165, 1.54) is 12.1 Å². The highest BCUT2D eigenvalue weighted by atomic mass is 32.2. The highest BCUT2D eigenvalue weighted by molar-refractivity contribution is 7.85. The summed E-state index contributed by atoms with van der Waals surface area (Å²) in [5.41, 5.74) is 4.19. The molecule has 0 saturated carbocycles. The SMILES string of the molecule is Cc1ccc(S(=O)(=O)O)cc1.Cc1csc(-c2ccc3c(C(=O)O[C@@H]4CN5CCC4CC5)n[nH]c3c2)n1. The van der Waals surface area contributed by atoms with Crippen molar-refractivity contribution in [2.24, 2.45) is 5.92 Å². The van der Waals surface area contributed by atoms with Crippen molar-refractivity contribution in [1.29, 1.82) is 0 Å². The Hall–Kier alpha value is -3.12. The number of carbonyl (C=O) groups is 1. The lowest BCUT2D eigenvalue weighted by Gasteiger charge is -2.43. The number of thiazole rings is 1. The summed E-state index contributed by atoms with van der Waals surface area (Å²) in [7, 11) is -4.02. The minimum atomic E-state index is -4.02. The zero-order valence-electron chi connectivity index (χ0n) is 20.5. The number of aryl methyl sites for hydroxylation is 2. The quantitative estimate of drug-likeness (QED) is 0.287. The van der Waals surface area contributed by atoms with E-state index in [4.69, 9.17) is 9.29 Å². The molecule has 3 fully saturated rings. The number of carbonyl (C=O) groups excluding carboxylic acids is 1. The number of aromatic nitrogens is 3. The molecule has 3 saturated heterocycles. The third-order valence-corrected chi connectivity index (χ3v) is 8.67. The Morgan fingerprint density at radius 2 is 1.86 bits per heavy atom. The molecule has 2 aromatic heterocycles. The average molecular weight is 541 g/mol. The first kappa shape index (κ1) is 25.5. The largest absolute Gasteiger partial charge is 0.456 e. The summed E-state index contributed by atoms with van der Waals surface area (Å²) in [5.74, 6) is 0.168. The molecule has 3 aliphatic heterocycles. The molecular formula is C26H28N4O5S2. The van der Waals surface area contributed by atoms with Gasteiger partial charge in [-0.15, -0.1) is 11.3 Å². The molecule has 0 amide bonds. The second kappa shape index (κ2) is 10.3. The Balaban J connectivity index is 0.000000215. The minimum absolute atomic E-state index is 0.00526. The number of hydrogen-bond donors (Lipinski definition) is 2. The number of benzene rings is 2. The maximum absolute atomic E-state index is 12.7. The fourth-order valence-electron chi connectivity index (χ4n) is 4.74. The molecule has 2 aromatic carbocycles. The van der Waals surface area contributed by atoms with Crippen LogP contribution in [-0.4, -0.2) is 64.8 Å². The van der Waals surface area contributed by atoms with Crippen LogP contribution in [0.3, 0.4) is 0 Å². The van der Waals surface area contributed by atoms with Crippen LogP contribution in [0.25, 0.3) is 21.5 Å². The van der Waals surface area contributed by atoms with Gasteiger partial charge in [-0.05, 0) is 70.0 Å². The number of fused-ring (bicyclic) bond motifs is 4. The molecule has 11 heteroatoms. The highest BCUT2D eigenvalue weighted by Gasteiger charge is 2.37. The van der Waals surface area contributed by atoms with Crippen LogP contribution in [0.5, 0.6) is 0 Å².